The van der Waals surface area contributed by atoms with Crippen LogP contribution in [0.2, 0.25) is 0 Å². The SMILES string of the molecule is CC(C)(C)c1cccc(N2CN(c3cccc(Oc4cc(C(C)(C)c5ccccc5)c5c6ccccc6n(-c6cc(C(C)(C)C)ccn6)c5c4)c3)c3ccccc32)c1. The third-order valence-electron chi connectivity index (χ3n) is 11.9. The summed E-state index contributed by atoms with van der Waals surface area (Å²) in [6.45, 7) is 18.9. The van der Waals surface area contributed by atoms with E-state index in [1.807, 2.05) is 6.20 Å². The van der Waals surface area contributed by atoms with Crippen molar-refractivity contribution in [2.75, 3.05) is 16.5 Å². The van der Waals surface area contributed by atoms with Crippen LogP contribution in [0, 0.1) is 0 Å². The van der Waals surface area contributed by atoms with Gasteiger partial charge < -0.3 is 14.5 Å². The van der Waals surface area contributed by atoms with Crippen LogP contribution in [-0.2, 0) is 16.2 Å². The minimum Gasteiger partial charge on any atom is -0.457 e. The average Bonchev–Trinajstić information content (AvgIpc) is 3.77. The lowest BCUT2D eigenvalue weighted by Crippen LogP contribution is -2.24. The van der Waals surface area contributed by atoms with E-state index in [1.165, 1.54) is 50.1 Å². The van der Waals surface area contributed by atoms with Crippen LogP contribution in [0.4, 0.5) is 22.7 Å². The van der Waals surface area contributed by atoms with Gasteiger partial charge in [-0.25, -0.2) is 4.98 Å². The highest BCUT2D eigenvalue weighted by Gasteiger charge is 2.31. The molecule has 5 nitrogen and oxygen atoms in total. The van der Waals surface area contributed by atoms with Gasteiger partial charge in [-0.05, 0) is 93.7 Å². The zero-order chi connectivity index (χ0) is 40.4. The van der Waals surface area contributed by atoms with Crippen molar-refractivity contribution in [3.63, 3.8) is 0 Å². The van der Waals surface area contributed by atoms with Gasteiger partial charge in [-0.15, -0.1) is 0 Å². The van der Waals surface area contributed by atoms with Crippen LogP contribution in [0.25, 0.3) is 27.6 Å². The van der Waals surface area contributed by atoms with Gasteiger partial charge in [0.2, 0.25) is 0 Å². The second-order valence-corrected chi connectivity index (χ2v) is 18.2. The van der Waals surface area contributed by atoms with E-state index in [1.54, 1.807) is 0 Å². The maximum atomic E-state index is 7.00. The van der Waals surface area contributed by atoms with Crippen molar-refractivity contribution in [1.82, 2.24) is 9.55 Å². The summed E-state index contributed by atoms with van der Waals surface area (Å²) in [5.41, 5.74) is 11.5. The minimum atomic E-state index is -0.344. The Morgan fingerprint density at radius 2 is 1.10 bits per heavy atom. The van der Waals surface area contributed by atoms with E-state index in [2.05, 4.69) is 221 Å². The fourth-order valence-electron chi connectivity index (χ4n) is 8.53. The summed E-state index contributed by atoms with van der Waals surface area (Å²) in [7, 11) is 0. The fraction of sp³-hybridized carbons (Fsp3) is 0.226. The van der Waals surface area contributed by atoms with E-state index < -0.39 is 0 Å². The molecular formula is C53H52N4O. The number of hydrogen-bond donors (Lipinski definition) is 0. The number of benzene rings is 6. The molecule has 1 aliphatic rings. The summed E-state index contributed by atoms with van der Waals surface area (Å²) in [4.78, 5) is 9.78. The maximum absolute atomic E-state index is 7.00. The zero-order valence-electron chi connectivity index (χ0n) is 34.9. The van der Waals surface area contributed by atoms with E-state index in [4.69, 9.17) is 9.72 Å². The van der Waals surface area contributed by atoms with Gasteiger partial charge in [0.15, 0.2) is 0 Å². The molecule has 0 radical (unpaired) electrons. The number of rotatable bonds is 7. The Morgan fingerprint density at radius 3 is 1.81 bits per heavy atom. The second kappa shape index (κ2) is 13.9. The van der Waals surface area contributed by atoms with Gasteiger partial charge in [0, 0.05) is 45.9 Å². The topological polar surface area (TPSA) is 33.5 Å². The first-order valence-corrected chi connectivity index (χ1v) is 20.4. The number of ether oxygens (including phenoxy) is 1. The lowest BCUT2D eigenvalue weighted by molar-refractivity contribution is 0.481. The van der Waals surface area contributed by atoms with Crippen LogP contribution < -0.4 is 14.5 Å². The van der Waals surface area contributed by atoms with Gasteiger partial charge in [-0.2, -0.15) is 0 Å². The molecule has 1 aliphatic heterocycles. The number of aromatic nitrogens is 2. The van der Waals surface area contributed by atoms with E-state index in [-0.39, 0.29) is 16.2 Å². The van der Waals surface area contributed by atoms with Crippen molar-refractivity contribution >= 4 is 44.6 Å². The van der Waals surface area contributed by atoms with Crippen molar-refractivity contribution in [2.24, 2.45) is 0 Å². The maximum Gasteiger partial charge on any atom is 0.137 e. The van der Waals surface area contributed by atoms with Gasteiger partial charge in [-0.3, -0.25) is 4.57 Å². The molecule has 8 aromatic rings. The largest absolute Gasteiger partial charge is 0.457 e. The molecule has 58 heavy (non-hydrogen) atoms. The molecule has 3 heterocycles. The Labute approximate surface area is 343 Å². The van der Waals surface area contributed by atoms with Gasteiger partial charge in [0.1, 0.15) is 24.0 Å². The smallest absolute Gasteiger partial charge is 0.137 e. The van der Waals surface area contributed by atoms with Crippen LogP contribution >= 0.6 is 0 Å². The third kappa shape index (κ3) is 6.58. The first-order chi connectivity index (χ1) is 27.8. The summed E-state index contributed by atoms with van der Waals surface area (Å²) in [5.74, 6) is 2.45. The van der Waals surface area contributed by atoms with Crippen LogP contribution in [-0.4, -0.2) is 16.2 Å². The number of pyridine rings is 1. The average molecular weight is 761 g/mol. The summed E-state index contributed by atoms with van der Waals surface area (Å²) in [6.07, 6.45) is 1.94. The third-order valence-corrected chi connectivity index (χ3v) is 11.9. The highest BCUT2D eigenvalue weighted by molar-refractivity contribution is 6.11. The highest BCUT2D eigenvalue weighted by atomic mass is 16.5. The number of anilines is 4. The number of hydrogen-bond acceptors (Lipinski definition) is 4. The summed E-state index contributed by atoms with van der Waals surface area (Å²) < 4.78 is 9.32. The predicted octanol–water partition coefficient (Wildman–Crippen LogP) is 14.1. The Morgan fingerprint density at radius 1 is 0.500 bits per heavy atom. The molecule has 0 amide bonds. The standard InChI is InChI=1S/C53H52N4O/c1-51(2,3)37-20-16-21-39(30-37)55-35-56(47-27-15-14-26-46(47)55)40-22-17-23-41(32-40)58-42-33-44(53(7,8)36-18-10-9-11-19-36)50-43-24-12-13-25-45(43)57(48(50)34-42)49-31-38(28-29-54-49)52(4,5)6/h9-34H,35H2,1-8H3. The quantitative estimate of drug-likeness (QED) is 0.162. The van der Waals surface area contributed by atoms with Crippen LogP contribution in [0.1, 0.15) is 77.6 Å². The molecule has 290 valence electrons. The first-order valence-electron chi connectivity index (χ1n) is 20.4. The molecule has 2 aromatic heterocycles. The molecule has 0 N–H and O–H groups in total. The molecule has 0 bridgehead atoms. The normalized spacial score (nSPS) is 13.4. The molecule has 0 saturated heterocycles. The molecule has 0 fully saturated rings. The zero-order valence-corrected chi connectivity index (χ0v) is 34.9. The summed E-state index contributed by atoms with van der Waals surface area (Å²) in [6, 6.07) is 54.5. The van der Waals surface area contributed by atoms with Gasteiger partial charge in [0.25, 0.3) is 0 Å². The Balaban J connectivity index is 1.17. The molecule has 0 unspecified atom stereocenters. The molecule has 9 rings (SSSR count). The molecule has 5 heteroatoms. The Bertz CT molecular complexity index is 2800. The van der Waals surface area contributed by atoms with Crippen molar-refractivity contribution in [1.29, 1.82) is 0 Å². The summed E-state index contributed by atoms with van der Waals surface area (Å²) in [5, 5.41) is 2.40. The molecular weight excluding hydrogens is 709 g/mol. The number of para-hydroxylation sites is 3. The van der Waals surface area contributed by atoms with Crippen molar-refractivity contribution < 1.29 is 4.74 Å². The lowest BCUT2D eigenvalue weighted by Gasteiger charge is -2.28. The molecule has 0 saturated carbocycles. The molecule has 0 atom stereocenters. The first kappa shape index (κ1) is 37.3. The Hall–Kier alpha value is -6.33. The monoisotopic (exact) mass is 760 g/mol. The lowest BCUT2D eigenvalue weighted by atomic mass is 9.76. The van der Waals surface area contributed by atoms with Gasteiger partial charge >= 0.3 is 0 Å². The predicted molar refractivity (Wildman–Crippen MR) is 243 cm³/mol. The van der Waals surface area contributed by atoms with Crippen molar-refractivity contribution in [3.05, 3.63) is 180 Å². The van der Waals surface area contributed by atoms with Gasteiger partial charge in [-0.1, -0.05) is 134 Å². The van der Waals surface area contributed by atoms with Crippen molar-refractivity contribution in [2.45, 2.75) is 71.6 Å². The molecule has 6 aromatic carbocycles. The number of nitrogens with zero attached hydrogens (tertiary/aromatic N) is 4. The van der Waals surface area contributed by atoms with E-state index >= 15 is 0 Å². The van der Waals surface area contributed by atoms with E-state index in [0.29, 0.717) is 6.67 Å². The van der Waals surface area contributed by atoms with Crippen LogP contribution in [0.5, 0.6) is 11.5 Å². The Kier molecular flexibility index (Phi) is 8.96. The second-order valence-electron chi connectivity index (χ2n) is 18.2. The van der Waals surface area contributed by atoms with E-state index in [9.17, 15) is 0 Å². The van der Waals surface area contributed by atoms with Crippen molar-refractivity contribution in [3.8, 4) is 17.3 Å². The summed E-state index contributed by atoms with van der Waals surface area (Å²) >= 11 is 0. The number of fused-ring (bicyclic) bond motifs is 4. The van der Waals surface area contributed by atoms with Gasteiger partial charge in [0.05, 0.1) is 22.4 Å². The molecule has 0 spiro atoms. The molecule has 0 aliphatic carbocycles. The highest BCUT2D eigenvalue weighted by Crippen LogP contribution is 2.47. The minimum absolute atomic E-state index is 0.0282. The van der Waals surface area contributed by atoms with Crippen LogP contribution in [0.3, 0.4) is 0 Å². The van der Waals surface area contributed by atoms with E-state index in [0.717, 1.165) is 34.0 Å². The van der Waals surface area contributed by atoms with Crippen LogP contribution in [0.15, 0.2) is 158 Å². The fourth-order valence-corrected chi connectivity index (χ4v) is 8.53.